The topological polar surface area (TPSA) is 47.9 Å². The van der Waals surface area contributed by atoms with Gasteiger partial charge in [-0.25, -0.2) is 0 Å². The van der Waals surface area contributed by atoms with Gasteiger partial charge in [-0.3, -0.25) is 0 Å². The van der Waals surface area contributed by atoms with Crippen molar-refractivity contribution in [3.63, 3.8) is 0 Å². The molecular weight excluding hydrogens is 364 g/mol. The van der Waals surface area contributed by atoms with Crippen LogP contribution in [0.3, 0.4) is 0 Å². The molecule has 2 aromatic carbocycles. The van der Waals surface area contributed by atoms with Crippen molar-refractivity contribution in [2.24, 2.45) is 5.92 Å². The van der Waals surface area contributed by atoms with Gasteiger partial charge in [-0.15, -0.1) is 6.58 Å². The molecule has 0 aromatic heterocycles. The Balaban J connectivity index is 1.44. The van der Waals surface area contributed by atoms with Crippen molar-refractivity contribution < 1.29 is 19.3 Å². The number of ether oxygens (including phenoxy) is 3. The molecule has 4 nitrogen and oxygen atoms in total. The van der Waals surface area contributed by atoms with Crippen LogP contribution in [0.15, 0.2) is 73.3 Å². The van der Waals surface area contributed by atoms with Gasteiger partial charge in [0.15, 0.2) is 0 Å². The quantitative estimate of drug-likeness (QED) is 0.679. The van der Waals surface area contributed by atoms with Crippen LogP contribution in [0, 0.1) is 5.92 Å². The van der Waals surface area contributed by atoms with Crippen molar-refractivity contribution in [1.82, 2.24) is 0 Å². The van der Waals surface area contributed by atoms with Gasteiger partial charge in [-0.1, -0.05) is 66.7 Å². The second-order valence-electron chi connectivity index (χ2n) is 7.99. The highest BCUT2D eigenvalue weighted by molar-refractivity contribution is 5.14. The Kier molecular flexibility index (Phi) is 6.78. The van der Waals surface area contributed by atoms with Crippen LogP contribution in [0.1, 0.15) is 30.4 Å². The molecule has 2 bridgehead atoms. The Morgan fingerprint density at radius 3 is 2.17 bits per heavy atom. The Hall–Kier alpha value is -1.98. The number of hydrogen-bond donors (Lipinski definition) is 1. The summed E-state index contributed by atoms with van der Waals surface area (Å²) in [6.45, 7) is 4.90. The second kappa shape index (κ2) is 9.68. The number of fused-ring (bicyclic) bond motifs is 2. The lowest BCUT2D eigenvalue weighted by molar-refractivity contribution is -0.266. The van der Waals surface area contributed by atoms with Gasteiger partial charge >= 0.3 is 0 Å². The van der Waals surface area contributed by atoms with Gasteiger partial charge in [0.25, 0.3) is 0 Å². The van der Waals surface area contributed by atoms with E-state index >= 15 is 0 Å². The fourth-order valence-electron chi connectivity index (χ4n) is 4.54. The fourth-order valence-corrected chi connectivity index (χ4v) is 4.54. The minimum Gasteiger partial charge on any atom is -0.388 e. The SMILES string of the molecule is C=CC[C@@H]1[C@@H](OCc2ccccc2)[C@H](O)[C@H]2O[C@@H]1CC[C@H]2OCc1ccccc1. The summed E-state index contributed by atoms with van der Waals surface area (Å²) in [6.07, 6.45) is 3.03. The summed E-state index contributed by atoms with van der Waals surface area (Å²) in [5, 5.41) is 11.2. The molecule has 2 fully saturated rings. The molecule has 2 heterocycles. The number of allylic oxidation sites excluding steroid dienone is 1. The first-order chi connectivity index (χ1) is 14.3. The molecule has 0 amide bonds. The second-order valence-corrected chi connectivity index (χ2v) is 7.99. The molecule has 2 aromatic rings. The zero-order valence-corrected chi connectivity index (χ0v) is 16.7. The average molecular weight is 395 g/mol. The molecule has 0 saturated carbocycles. The first-order valence-electron chi connectivity index (χ1n) is 10.5. The van der Waals surface area contributed by atoms with Crippen molar-refractivity contribution in [3.05, 3.63) is 84.4 Å². The van der Waals surface area contributed by atoms with Gasteiger partial charge in [-0.05, 0) is 30.4 Å². The molecule has 6 atom stereocenters. The largest absolute Gasteiger partial charge is 0.388 e. The lowest BCUT2D eigenvalue weighted by Gasteiger charge is -2.50. The maximum atomic E-state index is 11.2. The minimum absolute atomic E-state index is 0.0683. The van der Waals surface area contributed by atoms with Crippen LogP contribution in [0.25, 0.3) is 0 Å². The third kappa shape index (κ3) is 4.78. The molecule has 0 radical (unpaired) electrons. The highest BCUT2D eigenvalue weighted by Gasteiger charge is 2.50. The maximum Gasteiger partial charge on any atom is 0.112 e. The number of hydrogen-bond acceptors (Lipinski definition) is 4. The van der Waals surface area contributed by atoms with E-state index in [2.05, 4.69) is 18.7 Å². The van der Waals surface area contributed by atoms with Crippen LogP contribution in [0.4, 0.5) is 0 Å². The molecule has 154 valence electrons. The monoisotopic (exact) mass is 394 g/mol. The fraction of sp³-hybridized carbons (Fsp3) is 0.440. The van der Waals surface area contributed by atoms with Gasteiger partial charge in [-0.2, -0.15) is 0 Å². The van der Waals surface area contributed by atoms with Gasteiger partial charge in [0.1, 0.15) is 12.2 Å². The zero-order chi connectivity index (χ0) is 20.1. The number of rotatable bonds is 8. The van der Waals surface area contributed by atoms with E-state index < -0.39 is 6.10 Å². The first kappa shape index (κ1) is 20.3. The molecule has 2 aliphatic heterocycles. The molecule has 1 N–H and O–H groups in total. The van der Waals surface area contributed by atoms with Crippen molar-refractivity contribution in [2.45, 2.75) is 63.0 Å². The smallest absolute Gasteiger partial charge is 0.112 e. The molecule has 0 aliphatic carbocycles. The predicted molar refractivity (Wildman–Crippen MR) is 112 cm³/mol. The minimum atomic E-state index is -0.721. The lowest BCUT2D eigenvalue weighted by atomic mass is 9.77. The Bertz CT molecular complexity index is 763. The van der Waals surface area contributed by atoms with Crippen LogP contribution in [-0.2, 0) is 27.4 Å². The maximum absolute atomic E-state index is 11.2. The summed E-state index contributed by atoms with van der Waals surface area (Å²) in [5.74, 6) is 0.109. The Morgan fingerprint density at radius 1 is 0.931 bits per heavy atom. The predicted octanol–water partition coefficient (Wildman–Crippen LogP) is 4.27. The Morgan fingerprint density at radius 2 is 1.55 bits per heavy atom. The van der Waals surface area contributed by atoms with Gasteiger partial charge in [0.05, 0.1) is 31.5 Å². The molecule has 2 saturated heterocycles. The van der Waals surface area contributed by atoms with Gasteiger partial charge in [0.2, 0.25) is 0 Å². The highest BCUT2D eigenvalue weighted by Crippen LogP contribution is 2.40. The van der Waals surface area contributed by atoms with Crippen LogP contribution >= 0.6 is 0 Å². The van der Waals surface area contributed by atoms with E-state index in [1.807, 2.05) is 54.6 Å². The molecule has 0 spiro atoms. The summed E-state index contributed by atoms with van der Waals surface area (Å²) in [7, 11) is 0. The van der Waals surface area contributed by atoms with Crippen molar-refractivity contribution in [1.29, 1.82) is 0 Å². The highest BCUT2D eigenvalue weighted by atomic mass is 16.6. The van der Waals surface area contributed by atoms with E-state index in [0.29, 0.717) is 13.2 Å². The Labute approximate surface area is 173 Å². The molecule has 4 rings (SSSR count). The first-order valence-corrected chi connectivity index (χ1v) is 10.5. The lowest BCUT2D eigenvalue weighted by Crippen LogP contribution is -2.61. The van der Waals surface area contributed by atoms with Gasteiger partial charge < -0.3 is 19.3 Å². The van der Waals surface area contributed by atoms with Crippen LogP contribution in [0.5, 0.6) is 0 Å². The van der Waals surface area contributed by atoms with E-state index in [1.54, 1.807) is 0 Å². The average Bonchev–Trinajstić information content (AvgIpc) is 2.77. The van der Waals surface area contributed by atoms with Crippen LogP contribution in [-0.4, -0.2) is 35.6 Å². The normalized spacial score (nSPS) is 31.3. The third-order valence-corrected chi connectivity index (χ3v) is 6.04. The van der Waals surface area contributed by atoms with Crippen molar-refractivity contribution >= 4 is 0 Å². The van der Waals surface area contributed by atoms with Crippen molar-refractivity contribution in [3.8, 4) is 0 Å². The number of aliphatic hydroxyl groups excluding tert-OH is 1. The summed E-state index contributed by atoms with van der Waals surface area (Å²) in [4.78, 5) is 0. The van der Waals surface area contributed by atoms with E-state index in [9.17, 15) is 5.11 Å². The van der Waals surface area contributed by atoms with E-state index in [0.717, 1.165) is 30.4 Å². The van der Waals surface area contributed by atoms with Crippen LogP contribution < -0.4 is 0 Å². The van der Waals surface area contributed by atoms with E-state index in [-0.39, 0.29) is 30.3 Å². The zero-order valence-electron chi connectivity index (χ0n) is 16.7. The summed E-state index contributed by atoms with van der Waals surface area (Å²) >= 11 is 0. The van der Waals surface area contributed by atoms with E-state index in [4.69, 9.17) is 14.2 Å². The molecule has 29 heavy (non-hydrogen) atoms. The van der Waals surface area contributed by atoms with E-state index in [1.165, 1.54) is 0 Å². The van der Waals surface area contributed by atoms with Crippen LogP contribution in [0.2, 0.25) is 0 Å². The summed E-state index contributed by atoms with van der Waals surface area (Å²) < 4.78 is 18.7. The third-order valence-electron chi connectivity index (χ3n) is 6.04. The van der Waals surface area contributed by atoms with Crippen molar-refractivity contribution in [2.75, 3.05) is 0 Å². The summed E-state index contributed by atoms with van der Waals surface area (Å²) in [6, 6.07) is 20.2. The molecular formula is C25H30O4. The summed E-state index contributed by atoms with van der Waals surface area (Å²) in [5.41, 5.74) is 2.23. The molecule has 4 heteroatoms. The van der Waals surface area contributed by atoms with Gasteiger partial charge in [0, 0.05) is 5.92 Å². The number of benzene rings is 2. The molecule has 2 aliphatic rings. The number of aliphatic hydroxyl groups is 1. The standard InChI is InChI=1S/C25H30O4/c1-2-9-20-21-14-15-22(27-16-18-10-5-3-6-11-18)25(29-21)23(26)24(20)28-17-19-12-7-4-8-13-19/h2-8,10-13,20-26H,1,9,14-17H2/t20-,21+,22+,23-,24+,25-/m0/s1. The molecule has 0 unspecified atom stereocenters.